The zero-order valence-corrected chi connectivity index (χ0v) is 13.3. The standard InChI is InChI=1S/C18H19NO2S/c19-12-18(7-8-18)15-4-1-3-13(9-15)14-10-16-5-2-6-17(11-14)22(16,20)21/h1,3-4,9-10,16-17H,2,5-8,11H2. The van der Waals surface area contributed by atoms with Crippen LogP contribution in [0, 0.1) is 11.3 Å². The van der Waals surface area contributed by atoms with E-state index in [0.717, 1.165) is 48.8 Å². The van der Waals surface area contributed by atoms with Gasteiger partial charge >= 0.3 is 0 Å². The van der Waals surface area contributed by atoms with E-state index in [1.54, 1.807) is 0 Å². The zero-order valence-electron chi connectivity index (χ0n) is 12.5. The van der Waals surface area contributed by atoms with Gasteiger partial charge in [0.05, 0.1) is 22.0 Å². The summed E-state index contributed by atoms with van der Waals surface area (Å²) in [6.45, 7) is 0. The van der Waals surface area contributed by atoms with Crippen molar-refractivity contribution >= 4 is 15.4 Å². The largest absolute Gasteiger partial charge is 0.228 e. The van der Waals surface area contributed by atoms with Crippen molar-refractivity contribution in [3.63, 3.8) is 0 Å². The summed E-state index contributed by atoms with van der Waals surface area (Å²) in [5, 5.41) is 8.86. The Balaban J connectivity index is 1.73. The fraction of sp³-hybridized carbons (Fsp3) is 0.500. The highest BCUT2D eigenvalue weighted by Gasteiger charge is 2.45. The predicted molar refractivity (Wildman–Crippen MR) is 85.9 cm³/mol. The second kappa shape index (κ2) is 4.70. The van der Waals surface area contributed by atoms with E-state index in [4.69, 9.17) is 0 Å². The van der Waals surface area contributed by atoms with Crippen LogP contribution in [0.4, 0.5) is 0 Å². The lowest BCUT2D eigenvalue weighted by molar-refractivity contribution is 0.518. The van der Waals surface area contributed by atoms with E-state index in [1.165, 1.54) is 0 Å². The van der Waals surface area contributed by atoms with Crippen molar-refractivity contribution in [1.29, 1.82) is 5.26 Å². The molecule has 2 heterocycles. The summed E-state index contributed by atoms with van der Waals surface area (Å²) in [6, 6.07) is 10.6. The van der Waals surface area contributed by atoms with Gasteiger partial charge in [-0.05, 0) is 54.9 Å². The van der Waals surface area contributed by atoms with E-state index in [2.05, 4.69) is 18.2 Å². The molecular weight excluding hydrogens is 294 g/mol. The molecule has 0 spiro atoms. The molecular formula is C18H19NO2S. The molecule has 2 atom stereocenters. The molecule has 2 fully saturated rings. The highest BCUT2D eigenvalue weighted by atomic mass is 32.2. The molecule has 3 aliphatic rings. The maximum Gasteiger partial charge on any atom is 0.159 e. The quantitative estimate of drug-likeness (QED) is 0.841. The lowest BCUT2D eigenvalue weighted by atomic mass is 9.89. The van der Waals surface area contributed by atoms with Gasteiger partial charge < -0.3 is 0 Å². The SMILES string of the molecule is N#CC1(c2cccc(C3=CC4CCCC(C3)S4(=O)=O)c2)CC1. The van der Waals surface area contributed by atoms with Crippen molar-refractivity contribution in [3.8, 4) is 6.07 Å². The Morgan fingerprint density at radius 2 is 2.05 bits per heavy atom. The van der Waals surface area contributed by atoms with E-state index in [-0.39, 0.29) is 15.9 Å². The van der Waals surface area contributed by atoms with Crippen LogP contribution in [-0.4, -0.2) is 18.9 Å². The van der Waals surface area contributed by atoms with Crippen molar-refractivity contribution < 1.29 is 8.42 Å². The average Bonchev–Trinajstić information content (AvgIpc) is 3.27. The van der Waals surface area contributed by atoms with Crippen LogP contribution in [0.2, 0.25) is 0 Å². The number of nitrogens with zero attached hydrogens (tertiary/aromatic N) is 1. The third-order valence-corrected chi connectivity index (χ3v) is 8.03. The molecule has 0 amide bonds. The molecule has 1 aromatic rings. The Morgan fingerprint density at radius 1 is 1.23 bits per heavy atom. The van der Waals surface area contributed by atoms with E-state index in [9.17, 15) is 13.7 Å². The minimum Gasteiger partial charge on any atom is -0.228 e. The fourth-order valence-corrected chi connectivity index (χ4v) is 6.13. The van der Waals surface area contributed by atoms with Crippen LogP contribution in [0.3, 0.4) is 0 Å². The molecule has 1 saturated carbocycles. The van der Waals surface area contributed by atoms with Crippen LogP contribution in [0.5, 0.6) is 0 Å². The molecule has 0 aromatic heterocycles. The first-order chi connectivity index (χ1) is 10.5. The number of fused-ring (bicyclic) bond motifs is 2. The molecule has 2 unspecified atom stereocenters. The molecule has 114 valence electrons. The van der Waals surface area contributed by atoms with Crippen LogP contribution in [0.1, 0.15) is 49.7 Å². The number of rotatable bonds is 2. The summed E-state index contributed by atoms with van der Waals surface area (Å²) in [6.07, 6.45) is 7.02. The van der Waals surface area contributed by atoms with Gasteiger partial charge in [0.15, 0.2) is 9.84 Å². The molecule has 22 heavy (non-hydrogen) atoms. The van der Waals surface area contributed by atoms with Crippen molar-refractivity contribution in [2.75, 3.05) is 0 Å². The van der Waals surface area contributed by atoms with Crippen LogP contribution in [0.25, 0.3) is 5.57 Å². The van der Waals surface area contributed by atoms with Gasteiger partial charge in [-0.1, -0.05) is 30.7 Å². The van der Waals surface area contributed by atoms with Gasteiger partial charge in [0.2, 0.25) is 0 Å². The molecule has 3 nitrogen and oxygen atoms in total. The smallest absolute Gasteiger partial charge is 0.159 e. The molecule has 4 heteroatoms. The molecule has 2 aliphatic heterocycles. The van der Waals surface area contributed by atoms with Crippen molar-refractivity contribution in [2.24, 2.45) is 0 Å². The summed E-state index contributed by atoms with van der Waals surface area (Å²) in [5.74, 6) is 0. The second-order valence-electron chi connectivity index (χ2n) is 6.85. The number of sulfone groups is 1. The minimum atomic E-state index is -2.97. The Hall–Kier alpha value is -1.60. The van der Waals surface area contributed by atoms with Crippen LogP contribution < -0.4 is 0 Å². The molecule has 1 aromatic carbocycles. The molecule has 4 rings (SSSR count). The van der Waals surface area contributed by atoms with Gasteiger partial charge in [-0.2, -0.15) is 5.26 Å². The van der Waals surface area contributed by atoms with E-state index >= 15 is 0 Å². The van der Waals surface area contributed by atoms with Crippen molar-refractivity contribution in [2.45, 2.75) is 54.4 Å². The van der Waals surface area contributed by atoms with Gasteiger partial charge in [0.1, 0.15) is 0 Å². The van der Waals surface area contributed by atoms with Gasteiger partial charge in [-0.3, -0.25) is 0 Å². The Labute approximate surface area is 131 Å². The number of allylic oxidation sites excluding steroid dienone is 1. The predicted octanol–water partition coefficient (Wildman–Crippen LogP) is 3.36. The molecule has 0 N–H and O–H groups in total. The molecule has 1 saturated heterocycles. The Morgan fingerprint density at radius 3 is 2.73 bits per heavy atom. The zero-order chi connectivity index (χ0) is 15.4. The van der Waals surface area contributed by atoms with Gasteiger partial charge in [0, 0.05) is 0 Å². The summed E-state index contributed by atoms with van der Waals surface area (Å²) in [7, 11) is -2.97. The molecule has 0 radical (unpaired) electrons. The highest BCUT2D eigenvalue weighted by molar-refractivity contribution is 7.93. The van der Waals surface area contributed by atoms with E-state index in [1.807, 2.05) is 18.2 Å². The van der Waals surface area contributed by atoms with Crippen LogP contribution in [0.15, 0.2) is 30.3 Å². The summed E-state index contributed by atoms with van der Waals surface area (Å²) in [5.41, 5.74) is 3.06. The topological polar surface area (TPSA) is 57.9 Å². The maximum atomic E-state index is 12.4. The number of hydrogen-bond acceptors (Lipinski definition) is 3. The first-order valence-corrected chi connectivity index (χ1v) is 9.62. The normalized spacial score (nSPS) is 31.0. The Kier molecular flexibility index (Phi) is 2.99. The van der Waals surface area contributed by atoms with E-state index < -0.39 is 9.84 Å². The van der Waals surface area contributed by atoms with Gasteiger partial charge in [0.25, 0.3) is 0 Å². The fourth-order valence-electron chi connectivity index (χ4n) is 3.88. The first-order valence-electron chi connectivity index (χ1n) is 8.01. The monoisotopic (exact) mass is 313 g/mol. The number of nitriles is 1. The molecule has 2 bridgehead atoms. The number of benzene rings is 1. The summed E-state index contributed by atoms with van der Waals surface area (Å²) in [4.78, 5) is 0. The van der Waals surface area contributed by atoms with Crippen LogP contribution in [-0.2, 0) is 15.3 Å². The van der Waals surface area contributed by atoms with Gasteiger partial charge in [-0.15, -0.1) is 0 Å². The summed E-state index contributed by atoms with van der Waals surface area (Å²) >= 11 is 0. The van der Waals surface area contributed by atoms with Crippen molar-refractivity contribution in [3.05, 3.63) is 41.5 Å². The first kappa shape index (κ1) is 14.0. The molecule has 1 aliphatic carbocycles. The second-order valence-corrected chi connectivity index (χ2v) is 9.30. The highest BCUT2D eigenvalue weighted by Crippen LogP contribution is 2.48. The third kappa shape index (κ3) is 2.03. The summed E-state index contributed by atoms with van der Waals surface area (Å²) < 4.78 is 24.7. The Bertz CT molecular complexity index is 797. The lowest BCUT2D eigenvalue weighted by Gasteiger charge is -2.33. The average molecular weight is 313 g/mol. The van der Waals surface area contributed by atoms with Crippen molar-refractivity contribution in [1.82, 2.24) is 0 Å². The van der Waals surface area contributed by atoms with Gasteiger partial charge in [-0.25, -0.2) is 8.42 Å². The number of hydrogen-bond donors (Lipinski definition) is 0. The lowest BCUT2D eigenvalue weighted by Crippen LogP contribution is -2.38. The maximum absolute atomic E-state index is 12.4. The third-order valence-electron chi connectivity index (χ3n) is 5.49. The van der Waals surface area contributed by atoms with E-state index in [0.29, 0.717) is 6.42 Å². The van der Waals surface area contributed by atoms with Crippen LogP contribution >= 0.6 is 0 Å². The minimum absolute atomic E-state index is 0.208.